The van der Waals surface area contributed by atoms with Gasteiger partial charge < -0.3 is 20.1 Å². The monoisotopic (exact) mass is 384 g/mol. The highest BCUT2D eigenvalue weighted by Gasteiger charge is 2.17. The van der Waals surface area contributed by atoms with Crippen molar-refractivity contribution in [1.82, 2.24) is 9.97 Å². The van der Waals surface area contributed by atoms with Crippen LogP contribution in [0.2, 0.25) is 5.02 Å². The smallest absolute Gasteiger partial charge is 0.228 e. The normalized spacial score (nSPS) is 16.9. The second-order valence-electron chi connectivity index (χ2n) is 6.46. The molecule has 2 heterocycles. The molecular weight excluding hydrogens is 364 g/mol. The molecule has 0 unspecified atom stereocenters. The van der Waals surface area contributed by atoms with E-state index >= 15 is 0 Å². The van der Waals surface area contributed by atoms with Crippen molar-refractivity contribution in [2.75, 3.05) is 36.5 Å². The summed E-state index contributed by atoms with van der Waals surface area (Å²) in [6.45, 7) is 2.82. The van der Waals surface area contributed by atoms with Crippen LogP contribution in [0.5, 0.6) is 5.75 Å². The van der Waals surface area contributed by atoms with Crippen molar-refractivity contribution in [3.63, 3.8) is 0 Å². The first-order valence-electron chi connectivity index (χ1n) is 9.03. The lowest BCUT2D eigenvalue weighted by Gasteiger charge is -2.27. The van der Waals surface area contributed by atoms with E-state index in [4.69, 9.17) is 21.3 Å². The Morgan fingerprint density at radius 1 is 1.11 bits per heavy atom. The third-order valence-electron chi connectivity index (χ3n) is 4.52. The van der Waals surface area contributed by atoms with Gasteiger partial charge in [0.2, 0.25) is 5.95 Å². The number of anilines is 3. The minimum atomic E-state index is 0.115. The Morgan fingerprint density at radius 2 is 1.96 bits per heavy atom. The minimum absolute atomic E-state index is 0.115. The SMILES string of the molecule is Oc1ccc(Cl)cc1Nc1cc(C2=CCCC=C2)nc(N2CCOCC2)n1. The summed E-state index contributed by atoms with van der Waals surface area (Å²) in [5, 5.41) is 13.8. The first-order chi connectivity index (χ1) is 13.2. The first kappa shape index (κ1) is 17.8. The molecule has 27 heavy (non-hydrogen) atoms. The number of hydrogen-bond acceptors (Lipinski definition) is 6. The summed E-state index contributed by atoms with van der Waals surface area (Å²) in [4.78, 5) is 11.5. The minimum Gasteiger partial charge on any atom is -0.506 e. The van der Waals surface area contributed by atoms with E-state index in [0.717, 1.165) is 37.2 Å². The van der Waals surface area contributed by atoms with Gasteiger partial charge in [0.25, 0.3) is 0 Å². The molecule has 1 aromatic heterocycles. The molecule has 0 radical (unpaired) electrons. The number of nitrogens with zero attached hydrogens (tertiary/aromatic N) is 3. The lowest BCUT2D eigenvalue weighted by atomic mass is 10.0. The van der Waals surface area contributed by atoms with Gasteiger partial charge in [-0.3, -0.25) is 0 Å². The predicted octanol–water partition coefficient (Wildman–Crippen LogP) is 4.15. The van der Waals surface area contributed by atoms with Gasteiger partial charge in [0.1, 0.15) is 11.6 Å². The zero-order valence-corrected chi connectivity index (χ0v) is 15.6. The van der Waals surface area contributed by atoms with Crippen LogP contribution >= 0.6 is 11.6 Å². The van der Waals surface area contributed by atoms with Gasteiger partial charge in [-0.05, 0) is 36.6 Å². The highest BCUT2D eigenvalue weighted by molar-refractivity contribution is 6.31. The molecule has 0 atom stereocenters. The number of halogens is 1. The van der Waals surface area contributed by atoms with E-state index < -0.39 is 0 Å². The summed E-state index contributed by atoms with van der Waals surface area (Å²) in [5.74, 6) is 1.38. The van der Waals surface area contributed by atoms with Gasteiger partial charge in [-0.25, -0.2) is 4.98 Å². The van der Waals surface area contributed by atoms with Crippen molar-refractivity contribution in [3.05, 3.63) is 53.2 Å². The maximum absolute atomic E-state index is 10.1. The van der Waals surface area contributed by atoms with Crippen molar-refractivity contribution in [2.45, 2.75) is 12.8 Å². The Balaban J connectivity index is 1.71. The van der Waals surface area contributed by atoms with Crippen LogP contribution in [0.1, 0.15) is 18.5 Å². The average molecular weight is 385 g/mol. The van der Waals surface area contributed by atoms with Gasteiger partial charge in [0.15, 0.2) is 0 Å². The Kier molecular flexibility index (Phi) is 5.27. The van der Waals surface area contributed by atoms with Gasteiger partial charge in [-0.1, -0.05) is 29.8 Å². The first-order valence-corrected chi connectivity index (χ1v) is 9.41. The molecule has 1 saturated heterocycles. The summed E-state index contributed by atoms with van der Waals surface area (Å²) in [5.41, 5.74) is 2.44. The van der Waals surface area contributed by atoms with Crippen LogP contribution < -0.4 is 10.2 Å². The van der Waals surface area contributed by atoms with Gasteiger partial charge in [-0.2, -0.15) is 4.98 Å². The molecule has 1 aliphatic carbocycles. The van der Waals surface area contributed by atoms with Crippen molar-refractivity contribution in [2.24, 2.45) is 0 Å². The number of phenols is 1. The van der Waals surface area contributed by atoms with E-state index in [1.165, 1.54) is 0 Å². The molecule has 1 fully saturated rings. The number of morpholine rings is 1. The molecule has 2 N–H and O–H groups in total. The third-order valence-corrected chi connectivity index (χ3v) is 4.76. The molecule has 7 heteroatoms. The van der Waals surface area contributed by atoms with E-state index in [-0.39, 0.29) is 5.75 Å². The molecule has 4 rings (SSSR count). The van der Waals surface area contributed by atoms with Crippen LogP contribution in [-0.2, 0) is 4.74 Å². The van der Waals surface area contributed by atoms with Crippen molar-refractivity contribution < 1.29 is 9.84 Å². The zero-order valence-electron chi connectivity index (χ0n) is 14.9. The Morgan fingerprint density at radius 3 is 2.74 bits per heavy atom. The molecule has 1 aromatic carbocycles. The lowest BCUT2D eigenvalue weighted by Crippen LogP contribution is -2.37. The van der Waals surface area contributed by atoms with Gasteiger partial charge in [-0.15, -0.1) is 0 Å². The van der Waals surface area contributed by atoms with E-state index in [0.29, 0.717) is 35.7 Å². The lowest BCUT2D eigenvalue weighted by molar-refractivity contribution is 0.122. The molecule has 2 aromatic rings. The van der Waals surface area contributed by atoms with Gasteiger partial charge >= 0.3 is 0 Å². The highest BCUT2D eigenvalue weighted by Crippen LogP contribution is 2.31. The quantitative estimate of drug-likeness (QED) is 0.772. The number of rotatable bonds is 4. The summed E-state index contributed by atoms with van der Waals surface area (Å²) >= 11 is 6.06. The number of ether oxygens (including phenoxy) is 1. The number of allylic oxidation sites excluding steroid dienone is 4. The van der Waals surface area contributed by atoms with Gasteiger partial charge in [0.05, 0.1) is 24.6 Å². The van der Waals surface area contributed by atoms with Crippen LogP contribution in [0, 0.1) is 0 Å². The Bertz CT molecular complexity index is 892. The number of hydrogen-bond donors (Lipinski definition) is 2. The van der Waals surface area contributed by atoms with Crippen LogP contribution in [-0.4, -0.2) is 41.4 Å². The summed E-state index contributed by atoms with van der Waals surface area (Å²) < 4.78 is 5.44. The summed E-state index contributed by atoms with van der Waals surface area (Å²) in [6.07, 6.45) is 8.48. The van der Waals surface area contributed by atoms with Crippen LogP contribution in [0.15, 0.2) is 42.5 Å². The van der Waals surface area contributed by atoms with Crippen LogP contribution in [0.25, 0.3) is 5.57 Å². The number of phenolic OH excluding ortho intramolecular Hbond substituents is 1. The molecule has 0 spiro atoms. The topological polar surface area (TPSA) is 70.5 Å². The molecule has 0 bridgehead atoms. The summed E-state index contributed by atoms with van der Waals surface area (Å²) in [7, 11) is 0. The second kappa shape index (κ2) is 7.98. The number of aromatic hydroxyl groups is 1. The van der Waals surface area contributed by atoms with Crippen molar-refractivity contribution >= 4 is 34.6 Å². The maximum Gasteiger partial charge on any atom is 0.228 e. The predicted molar refractivity (Wildman–Crippen MR) is 108 cm³/mol. The number of benzene rings is 1. The van der Waals surface area contributed by atoms with E-state index in [1.54, 1.807) is 18.2 Å². The average Bonchev–Trinajstić information content (AvgIpc) is 2.72. The Hall–Kier alpha value is -2.57. The standard InChI is InChI=1S/C20H21ClN4O2/c21-15-6-7-18(26)17(12-15)22-19-13-16(14-4-2-1-3-5-14)23-20(24-19)25-8-10-27-11-9-25/h2,4-7,12-13,26H,1,3,8-11H2,(H,22,23,24). The molecule has 0 saturated carbocycles. The molecule has 140 valence electrons. The fourth-order valence-corrected chi connectivity index (χ4v) is 3.27. The maximum atomic E-state index is 10.1. The molecule has 0 amide bonds. The third kappa shape index (κ3) is 4.23. The largest absolute Gasteiger partial charge is 0.506 e. The molecule has 2 aliphatic rings. The highest BCUT2D eigenvalue weighted by atomic mass is 35.5. The number of nitrogens with one attached hydrogen (secondary N) is 1. The van der Waals surface area contributed by atoms with Gasteiger partial charge in [0, 0.05) is 24.2 Å². The Labute approximate surface area is 163 Å². The fourth-order valence-electron chi connectivity index (χ4n) is 3.10. The summed E-state index contributed by atoms with van der Waals surface area (Å²) in [6, 6.07) is 6.77. The van der Waals surface area contributed by atoms with E-state index in [1.807, 2.05) is 6.07 Å². The second-order valence-corrected chi connectivity index (χ2v) is 6.90. The molecular formula is C20H21ClN4O2. The number of aromatic nitrogens is 2. The van der Waals surface area contributed by atoms with Crippen molar-refractivity contribution in [3.8, 4) is 5.75 Å². The molecule has 1 aliphatic heterocycles. The van der Waals surface area contributed by atoms with Crippen molar-refractivity contribution in [1.29, 1.82) is 0 Å². The fraction of sp³-hybridized carbons (Fsp3) is 0.300. The van der Waals surface area contributed by atoms with Crippen LogP contribution in [0.3, 0.4) is 0 Å². The van der Waals surface area contributed by atoms with E-state index in [9.17, 15) is 5.11 Å². The zero-order chi connectivity index (χ0) is 18.6. The van der Waals surface area contributed by atoms with E-state index in [2.05, 4.69) is 33.4 Å². The van der Waals surface area contributed by atoms with Crippen LogP contribution in [0.4, 0.5) is 17.5 Å². The molecule has 6 nitrogen and oxygen atoms in total.